The van der Waals surface area contributed by atoms with Gasteiger partial charge in [0.1, 0.15) is 12.2 Å². The van der Waals surface area contributed by atoms with Crippen molar-refractivity contribution in [2.45, 2.75) is 44.4 Å². The molecular weight excluding hydrogens is 248 g/mol. The summed E-state index contributed by atoms with van der Waals surface area (Å²) in [6.07, 6.45) is 3.19. The van der Waals surface area contributed by atoms with Crippen LogP contribution in [0.3, 0.4) is 0 Å². The van der Waals surface area contributed by atoms with Crippen molar-refractivity contribution in [3.05, 3.63) is 24.3 Å². The van der Waals surface area contributed by atoms with Crippen LogP contribution >= 0.6 is 0 Å². The Kier molecular flexibility index (Phi) is 4.08. The van der Waals surface area contributed by atoms with E-state index in [2.05, 4.69) is 6.58 Å². The molecule has 1 saturated heterocycles. The molecule has 1 aliphatic carbocycles. The van der Waals surface area contributed by atoms with Gasteiger partial charge < -0.3 is 18.9 Å². The maximum atomic E-state index is 11.7. The molecule has 1 aliphatic heterocycles. The molecule has 0 N–H and O–H groups in total. The van der Waals surface area contributed by atoms with Crippen molar-refractivity contribution in [3.8, 4) is 0 Å². The summed E-state index contributed by atoms with van der Waals surface area (Å²) in [5.41, 5.74) is 0.569. The maximum absolute atomic E-state index is 11.7. The third kappa shape index (κ3) is 3.05. The highest BCUT2D eigenvalue weighted by Crippen LogP contribution is 2.37. The summed E-state index contributed by atoms with van der Waals surface area (Å²) in [5, 5.41) is 0. The van der Waals surface area contributed by atoms with Gasteiger partial charge >= 0.3 is 5.97 Å². The monoisotopic (exact) mass is 268 g/mol. The normalized spacial score (nSPS) is 32.4. The molecule has 2 aliphatic rings. The van der Waals surface area contributed by atoms with Crippen LogP contribution in [0.2, 0.25) is 0 Å². The standard InChI is InChI=1S/C14H20O5/c1-5-6-17-10-7-9(13(15)16-4)8-11-12(10)19-14(2,3)18-11/h5,7,10-12H,1,6,8H2,2-4H3. The predicted molar refractivity (Wildman–Crippen MR) is 68.5 cm³/mol. The molecule has 19 heavy (non-hydrogen) atoms. The van der Waals surface area contributed by atoms with E-state index in [1.165, 1.54) is 7.11 Å². The quantitative estimate of drug-likeness (QED) is 0.572. The lowest BCUT2D eigenvalue weighted by Crippen LogP contribution is -2.40. The number of fused-ring (bicyclic) bond motifs is 1. The first-order chi connectivity index (χ1) is 8.96. The summed E-state index contributed by atoms with van der Waals surface area (Å²) in [7, 11) is 1.37. The molecule has 0 spiro atoms. The summed E-state index contributed by atoms with van der Waals surface area (Å²) in [5.74, 6) is -1.01. The highest BCUT2D eigenvalue weighted by Gasteiger charge is 2.48. The van der Waals surface area contributed by atoms with Gasteiger partial charge in [-0.2, -0.15) is 0 Å². The fourth-order valence-electron chi connectivity index (χ4n) is 2.48. The molecule has 0 aromatic carbocycles. The van der Waals surface area contributed by atoms with Gasteiger partial charge in [-0.05, 0) is 19.9 Å². The van der Waals surface area contributed by atoms with Crippen molar-refractivity contribution in [2.24, 2.45) is 0 Å². The SMILES string of the molecule is C=CCOC1C=C(C(=O)OC)CC2OC(C)(C)OC12. The molecule has 0 aromatic heterocycles. The first kappa shape index (κ1) is 14.2. The molecular formula is C14H20O5. The second kappa shape index (κ2) is 5.45. The fraction of sp³-hybridized carbons (Fsp3) is 0.643. The number of hydrogen-bond donors (Lipinski definition) is 0. The molecule has 0 bridgehead atoms. The Morgan fingerprint density at radius 3 is 2.95 bits per heavy atom. The number of hydrogen-bond acceptors (Lipinski definition) is 5. The Labute approximate surface area is 113 Å². The molecule has 2 rings (SSSR count). The Morgan fingerprint density at radius 1 is 1.58 bits per heavy atom. The minimum Gasteiger partial charge on any atom is -0.466 e. The van der Waals surface area contributed by atoms with Gasteiger partial charge in [-0.1, -0.05) is 6.08 Å². The van der Waals surface area contributed by atoms with Crippen LogP contribution in [0.25, 0.3) is 0 Å². The van der Waals surface area contributed by atoms with E-state index in [4.69, 9.17) is 18.9 Å². The van der Waals surface area contributed by atoms with E-state index in [-0.39, 0.29) is 24.3 Å². The van der Waals surface area contributed by atoms with Gasteiger partial charge in [-0.15, -0.1) is 6.58 Å². The van der Waals surface area contributed by atoms with Gasteiger partial charge in [0, 0.05) is 12.0 Å². The van der Waals surface area contributed by atoms with Crippen LogP contribution in [0.4, 0.5) is 0 Å². The van der Waals surface area contributed by atoms with E-state index in [1.807, 2.05) is 13.8 Å². The van der Waals surface area contributed by atoms with Gasteiger partial charge in [-0.3, -0.25) is 0 Å². The van der Waals surface area contributed by atoms with Crippen LogP contribution < -0.4 is 0 Å². The van der Waals surface area contributed by atoms with E-state index >= 15 is 0 Å². The van der Waals surface area contributed by atoms with Crippen LogP contribution in [0.15, 0.2) is 24.3 Å². The maximum Gasteiger partial charge on any atom is 0.333 e. The van der Waals surface area contributed by atoms with Gasteiger partial charge in [-0.25, -0.2) is 4.79 Å². The van der Waals surface area contributed by atoms with Crippen molar-refractivity contribution in [1.29, 1.82) is 0 Å². The van der Waals surface area contributed by atoms with Crippen LogP contribution in [0, 0.1) is 0 Å². The molecule has 0 radical (unpaired) electrons. The lowest BCUT2D eigenvalue weighted by molar-refractivity contribution is -0.154. The fourth-order valence-corrected chi connectivity index (χ4v) is 2.48. The average molecular weight is 268 g/mol. The van der Waals surface area contributed by atoms with Crippen molar-refractivity contribution >= 4 is 5.97 Å². The number of carbonyl (C=O) groups excluding carboxylic acids is 1. The average Bonchev–Trinajstić information content (AvgIpc) is 2.68. The zero-order chi connectivity index (χ0) is 14.0. The molecule has 5 heteroatoms. The highest BCUT2D eigenvalue weighted by atomic mass is 16.8. The summed E-state index contributed by atoms with van der Waals surface area (Å²) in [6.45, 7) is 7.72. The Balaban J connectivity index is 2.19. The molecule has 1 fully saturated rings. The zero-order valence-electron chi connectivity index (χ0n) is 11.5. The number of esters is 1. The Morgan fingerprint density at radius 2 is 2.32 bits per heavy atom. The molecule has 106 valence electrons. The number of rotatable bonds is 4. The lowest BCUT2D eigenvalue weighted by Gasteiger charge is -2.29. The summed E-state index contributed by atoms with van der Waals surface area (Å²) in [6, 6.07) is 0. The van der Waals surface area contributed by atoms with Crippen molar-refractivity contribution < 1.29 is 23.7 Å². The molecule has 0 amide bonds. The first-order valence-corrected chi connectivity index (χ1v) is 6.34. The Bertz CT molecular complexity index is 399. The minimum absolute atomic E-state index is 0.191. The smallest absolute Gasteiger partial charge is 0.333 e. The summed E-state index contributed by atoms with van der Waals surface area (Å²) >= 11 is 0. The van der Waals surface area contributed by atoms with Crippen molar-refractivity contribution in [3.63, 3.8) is 0 Å². The van der Waals surface area contributed by atoms with Gasteiger partial charge in [0.15, 0.2) is 5.79 Å². The second-order valence-electron chi connectivity index (χ2n) is 5.11. The zero-order valence-corrected chi connectivity index (χ0v) is 11.5. The van der Waals surface area contributed by atoms with E-state index in [1.54, 1.807) is 12.2 Å². The molecule has 0 saturated carbocycles. The van der Waals surface area contributed by atoms with E-state index < -0.39 is 5.79 Å². The summed E-state index contributed by atoms with van der Waals surface area (Å²) < 4.78 is 22.1. The van der Waals surface area contributed by atoms with E-state index in [0.29, 0.717) is 18.6 Å². The van der Waals surface area contributed by atoms with Gasteiger partial charge in [0.25, 0.3) is 0 Å². The second-order valence-corrected chi connectivity index (χ2v) is 5.11. The first-order valence-electron chi connectivity index (χ1n) is 6.34. The van der Waals surface area contributed by atoms with Crippen LogP contribution in [0.5, 0.6) is 0 Å². The third-order valence-corrected chi connectivity index (χ3v) is 3.19. The van der Waals surface area contributed by atoms with Crippen molar-refractivity contribution in [2.75, 3.05) is 13.7 Å². The minimum atomic E-state index is -0.662. The van der Waals surface area contributed by atoms with Crippen molar-refractivity contribution in [1.82, 2.24) is 0 Å². The van der Waals surface area contributed by atoms with Crippen LogP contribution in [0.1, 0.15) is 20.3 Å². The molecule has 0 aromatic rings. The highest BCUT2D eigenvalue weighted by molar-refractivity contribution is 5.88. The van der Waals surface area contributed by atoms with Gasteiger partial charge in [0.2, 0.25) is 0 Å². The van der Waals surface area contributed by atoms with Crippen LogP contribution in [-0.2, 0) is 23.7 Å². The lowest BCUT2D eigenvalue weighted by atomic mass is 9.92. The van der Waals surface area contributed by atoms with Crippen LogP contribution in [-0.4, -0.2) is 43.8 Å². The Hall–Kier alpha value is -1.17. The van der Waals surface area contributed by atoms with E-state index in [9.17, 15) is 4.79 Å². The third-order valence-electron chi connectivity index (χ3n) is 3.19. The molecule has 3 unspecified atom stereocenters. The number of methoxy groups -OCH3 is 1. The molecule has 1 heterocycles. The number of ether oxygens (including phenoxy) is 4. The van der Waals surface area contributed by atoms with Gasteiger partial charge in [0.05, 0.1) is 19.8 Å². The largest absolute Gasteiger partial charge is 0.466 e. The molecule has 3 atom stereocenters. The number of carbonyl (C=O) groups is 1. The summed E-state index contributed by atoms with van der Waals surface area (Å²) in [4.78, 5) is 11.7. The molecule has 5 nitrogen and oxygen atoms in total. The predicted octanol–water partition coefficient (Wildman–Crippen LogP) is 1.58. The van der Waals surface area contributed by atoms with E-state index in [0.717, 1.165) is 0 Å². The topological polar surface area (TPSA) is 54.0 Å².